The van der Waals surface area contributed by atoms with Gasteiger partial charge in [0.2, 0.25) is 11.8 Å². The zero-order valence-corrected chi connectivity index (χ0v) is 20.7. The zero-order chi connectivity index (χ0) is 24.7. The number of urea groups is 1. The van der Waals surface area contributed by atoms with Crippen molar-refractivity contribution >= 4 is 35.3 Å². The summed E-state index contributed by atoms with van der Waals surface area (Å²) in [7, 11) is 4.80. The predicted molar refractivity (Wildman–Crippen MR) is 134 cm³/mol. The molecule has 9 nitrogen and oxygen atoms in total. The van der Waals surface area contributed by atoms with E-state index in [1.54, 1.807) is 19.1 Å². The van der Waals surface area contributed by atoms with E-state index in [2.05, 4.69) is 16.7 Å². The summed E-state index contributed by atoms with van der Waals surface area (Å²) in [6.07, 6.45) is -0.0592. The highest BCUT2D eigenvalue weighted by Gasteiger charge is 2.51. The number of ether oxygens (including phenoxy) is 1. The lowest BCUT2D eigenvalue weighted by Crippen LogP contribution is -2.72. The summed E-state index contributed by atoms with van der Waals surface area (Å²) in [5.74, 6) is 0.0810. The molecule has 4 atom stereocenters. The topological polar surface area (TPSA) is 94.2 Å². The number of nitrogens with zero attached hydrogens (tertiary/aromatic N) is 3. The van der Waals surface area contributed by atoms with Crippen molar-refractivity contribution in [2.75, 3.05) is 38.4 Å². The van der Waals surface area contributed by atoms with Gasteiger partial charge in [-0.15, -0.1) is 11.8 Å². The van der Waals surface area contributed by atoms with Crippen molar-refractivity contribution in [3.8, 4) is 5.75 Å². The second-order valence-electron chi connectivity index (χ2n) is 8.93. The van der Waals surface area contributed by atoms with E-state index >= 15 is 0 Å². The van der Waals surface area contributed by atoms with E-state index < -0.39 is 17.5 Å². The molecule has 184 valence electrons. The molecule has 2 aromatic carbocycles. The Labute approximate surface area is 208 Å². The molecule has 0 bridgehead atoms. The number of hydrogen-bond acceptors (Lipinski definition) is 7. The van der Waals surface area contributed by atoms with Crippen molar-refractivity contribution in [1.29, 1.82) is 0 Å². The summed E-state index contributed by atoms with van der Waals surface area (Å²) in [6, 6.07) is 15.2. The number of methoxy groups -OCH3 is 1. The van der Waals surface area contributed by atoms with E-state index in [0.29, 0.717) is 12.3 Å². The van der Waals surface area contributed by atoms with Crippen LogP contribution in [0.3, 0.4) is 0 Å². The number of anilines is 1. The van der Waals surface area contributed by atoms with Gasteiger partial charge in [0.1, 0.15) is 5.75 Å². The van der Waals surface area contributed by atoms with E-state index in [9.17, 15) is 14.4 Å². The quantitative estimate of drug-likeness (QED) is 0.655. The Morgan fingerprint density at radius 3 is 2.63 bits per heavy atom. The maximum atomic E-state index is 13.2. The highest BCUT2D eigenvalue weighted by molar-refractivity contribution is 8.00. The third-order valence-electron chi connectivity index (χ3n) is 6.98. The van der Waals surface area contributed by atoms with Gasteiger partial charge in [-0.05, 0) is 24.1 Å². The lowest BCUT2D eigenvalue weighted by Gasteiger charge is -2.50. The highest BCUT2D eigenvalue weighted by atomic mass is 32.2. The molecule has 2 saturated heterocycles. The van der Waals surface area contributed by atoms with Gasteiger partial charge in [-0.2, -0.15) is 0 Å². The van der Waals surface area contributed by atoms with Gasteiger partial charge in [-0.1, -0.05) is 36.4 Å². The number of imide groups is 1. The minimum absolute atomic E-state index is 0.00622. The molecule has 2 N–H and O–H groups in total. The van der Waals surface area contributed by atoms with Gasteiger partial charge in [0, 0.05) is 31.9 Å². The van der Waals surface area contributed by atoms with Gasteiger partial charge in [0.05, 0.1) is 36.5 Å². The number of hydrogen-bond donors (Lipinski definition) is 2. The van der Waals surface area contributed by atoms with Crippen LogP contribution in [0.2, 0.25) is 0 Å². The zero-order valence-electron chi connectivity index (χ0n) is 19.9. The van der Waals surface area contributed by atoms with Crippen LogP contribution in [0, 0.1) is 5.92 Å². The van der Waals surface area contributed by atoms with E-state index in [0.717, 1.165) is 22.6 Å². The van der Waals surface area contributed by atoms with E-state index in [-0.39, 0.29) is 29.8 Å². The first kappa shape index (κ1) is 23.7. The monoisotopic (exact) mass is 495 g/mol. The van der Waals surface area contributed by atoms with E-state index in [1.807, 2.05) is 47.4 Å². The molecule has 3 aliphatic heterocycles. The van der Waals surface area contributed by atoms with Gasteiger partial charge in [0.25, 0.3) is 0 Å². The van der Waals surface area contributed by atoms with Crippen molar-refractivity contribution in [3.63, 3.8) is 0 Å². The van der Waals surface area contributed by atoms with Crippen LogP contribution in [0.1, 0.15) is 17.3 Å². The second-order valence-corrected chi connectivity index (χ2v) is 10.1. The molecule has 0 aromatic heterocycles. The number of carbonyl (C=O) groups is 3. The first-order valence-corrected chi connectivity index (χ1v) is 12.6. The Morgan fingerprint density at radius 2 is 1.83 bits per heavy atom. The fourth-order valence-electron chi connectivity index (χ4n) is 5.12. The Balaban J connectivity index is 1.40. The van der Waals surface area contributed by atoms with Gasteiger partial charge >= 0.3 is 6.03 Å². The summed E-state index contributed by atoms with van der Waals surface area (Å²) in [5.41, 5.74) is 3.00. The summed E-state index contributed by atoms with van der Waals surface area (Å²) in [5, 5.41) is 6.53. The number of para-hydroxylation sites is 2. The standard InChI is InChI=1S/C25H29N5O4S/c1-28-22-20(24(32)29(2)25(28)33)23(27-21(26-22)16-9-5-7-11-18(16)34-3)35-14-19(31)30-13-12-15-8-4-6-10-17(15)30/h4-11,20-23,26-27H,12-14H2,1-3H3. The van der Waals surface area contributed by atoms with Crippen molar-refractivity contribution in [3.05, 3.63) is 59.7 Å². The van der Waals surface area contributed by atoms with Crippen LogP contribution in [0.4, 0.5) is 10.5 Å². The number of fused-ring (bicyclic) bond motifs is 2. The van der Waals surface area contributed by atoms with Crippen LogP contribution in [0.15, 0.2) is 48.5 Å². The molecule has 5 rings (SSSR count). The molecule has 0 aliphatic carbocycles. The molecule has 3 heterocycles. The summed E-state index contributed by atoms with van der Waals surface area (Å²) in [4.78, 5) is 43.7. The van der Waals surface area contributed by atoms with Gasteiger partial charge in [-0.3, -0.25) is 25.1 Å². The van der Waals surface area contributed by atoms with Gasteiger partial charge < -0.3 is 14.5 Å². The number of thioether (sulfide) groups is 1. The number of amides is 4. The summed E-state index contributed by atoms with van der Waals surface area (Å²) in [6.45, 7) is 0.660. The van der Waals surface area contributed by atoms with Crippen LogP contribution in [-0.4, -0.2) is 72.7 Å². The lowest BCUT2D eigenvalue weighted by atomic mass is 9.95. The minimum Gasteiger partial charge on any atom is -0.496 e. The molecule has 35 heavy (non-hydrogen) atoms. The highest BCUT2D eigenvalue weighted by Crippen LogP contribution is 2.37. The Kier molecular flexibility index (Phi) is 6.43. The molecule has 4 amide bonds. The third-order valence-corrected chi connectivity index (χ3v) is 8.18. The average molecular weight is 496 g/mol. The van der Waals surface area contributed by atoms with Crippen molar-refractivity contribution in [1.82, 2.24) is 20.4 Å². The van der Waals surface area contributed by atoms with Crippen LogP contribution in [-0.2, 0) is 16.0 Å². The first-order chi connectivity index (χ1) is 16.9. The summed E-state index contributed by atoms with van der Waals surface area (Å²) >= 11 is 1.41. The molecule has 0 radical (unpaired) electrons. The normalized spacial score (nSPS) is 26.0. The molecule has 3 aliphatic rings. The fraction of sp³-hybridized carbons (Fsp3) is 0.400. The molecule has 2 aromatic rings. The largest absolute Gasteiger partial charge is 0.496 e. The molecule has 0 spiro atoms. The average Bonchev–Trinajstić information content (AvgIpc) is 3.33. The Morgan fingerprint density at radius 1 is 1.09 bits per heavy atom. The van der Waals surface area contributed by atoms with E-state index in [4.69, 9.17) is 4.74 Å². The summed E-state index contributed by atoms with van der Waals surface area (Å²) < 4.78 is 5.55. The second kappa shape index (κ2) is 9.52. The smallest absolute Gasteiger partial charge is 0.327 e. The number of carbonyl (C=O) groups excluding carboxylic acids is 3. The van der Waals surface area contributed by atoms with Crippen molar-refractivity contribution in [2.24, 2.45) is 5.92 Å². The van der Waals surface area contributed by atoms with E-state index in [1.165, 1.54) is 24.4 Å². The SMILES string of the molecule is COc1ccccc1C1NC(SCC(=O)N2CCc3ccccc32)C2C(=O)N(C)C(=O)N(C)C2N1. The Bertz CT molecular complexity index is 1160. The fourth-order valence-corrected chi connectivity index (χ4v) is 6.30. The van der Waals surface area contributed by atoms with Crippen molar-refractivity contribution in [2.45, 2.75) is 24.1 Å². The number of rotatable bonds is 5. The molecular weight excluding hydrogens is 466 g/mol. The molecular formula is C25H29N5O4S. The van der Waals surface area contributed by atoms with Gasteiger partial charge in [-0.25, -0.2) is 4.79 Å². The Hall–Kier alpha value is -3.08. The molecule has 10 heteroatoms. The minimum atomic E-state index is -0.558. The van der Waals surface area contributed by atoms with Crippen LogP contribution in [0.25, 0.3) is 0 Å². The van der Waals surface area contributed by atoms with Crippen LogP contribution in [0.5, 0.6) is 5.75 Å². The molecule has 0 saturated carbocycles. The van der Waals surface area contributed by atoms with Crippen molar-refractivity contribution < 1.29 is 19.1 Å². The number of benzene rings is 2. The lowest BCUT2D eigenvalue weighted by molar-refractivity contribution is -0.140. The van der Waals surface area contributed by atoms with Crippen LogP contribution >= 0.6 is 11.8 Å². The molecule has 2 fully saturated rings. The van der Waals surface area contributed by atoms with Crippen LogP contribution < -0.4 is 20.3 Å². The third kappa shape index (κ3) is 4.15. The maximum absolute atomic E-state index is 13.2. The maximum Gasteiger partial charge on any atom is 0.327 e. The predicted octanol–water partition coefficient (Wildman–Crippen LogP) is 2.00. The van der Waals surface area contributed by atoms with Gasteiger partial charge in [0.15, 0.2) is 0 Å². The first-order valence-electron chi connectivity index (χ1n) is 11.6. The molecule has 4 unspecified atom stereocenters. The number of nitrogens with one attached hydrogen (secondary N) is 2.